The van der Waals surface area contributed by atoms with Gasteiger partial charge in [-0.2, -0.15) is 0 Å². The van der Waals surface area contributed by atoms with E-state index in [4.69, 9.17) is 27.9 Å². The number of rotatable bonds is 6. The third-order valence-electron chi connectivity index (χ3n) is 2.53. The summed E-state index contributed by atoms with van der Waals surface area (Å²) in [5.74, 6) is -0.372. The quantitative estimate of drug-likeness (QED) is 0.788. The number of carbonyl (C=O) groups excluding carboxylic acids is 1. The Morgan fingerprint density at radius 1 is 1.58 bits per heavy atom. The average Bonchev–Trinajstić information content (AvgIpc) is 2.37. The fourth-order valence-electron chi connectivity index (χ4n) is 1.33. The number of carbonyl (C=O) groups is 1. The summed E-state index contributed by atoms with van der Waals surface area (Å²) in [6, 6.07) is 1.43. The molecule has 0 bridgehead atoms. The lowest BCUT2D eigenvalue weighted by molar-refractivity contribution is 0.0243. The highest BCUT2D eigenvalue weighted by atomic mass is 35.5. The van der Waals surface area contributed by atoms with Gasteiger partial charge in [-0.15, -0.1) is 0 Å². The standard InChI is InChI=1S/C12H16Cl2N2O3/c1-12(18,3-4-19-2)7-16-11(17)8-5-9(13)10(14)15-6-8/h5-6,18H,3-4,7H2,1-2H3,(H,16,17). The predicted molar refractivity (Wildman–Crippen MR) is 73.7 cm³/mol. The van der Waals surface area contributed by atoms with Crippen molar-refractivity contribution in [1.82, 2.24) is 10.3 Å². The molecular weight excluding hydrogens is 291 g/mol. The third kappa shape index (κ3) is 5.32. The average molecular weight is 307 g/mol. The molecule has 0 aliphatic heterocycles. The Morgan fingerprint density at radius 2 is 2.26 bits per heavy atom. The van der Waals surface area contributed by atoms with Gasteiger partial charge >= 0.3 is 0 Å². The van der Waals surface area contributed by atoms with Gasteiger partial charge < -0.3 is 15.2 Å². The van der Waals surface area contributed by atoms with Crippen LogP contribution in [0.15, 0.2) is 12.3 Å². The normalized spacial score (nSPS) is 13.9. The van der Waals surface area contributed by atoms with Crippen LogP contribution in [0.5, 0.6) is 0 Å². The maximum Gasteiger partial charge on any atom is 0.253 e. The molecule has 106 valence electrons. The van der Waals surface area contributed by atoms with E-state index in [-0.39, 0.29) is 28.2 Å². The third-order valence-corrected chi connectivity index (χ3v) is 3.22. The van der Waals surface area contributed by atoms with Gasteiger partial charge in [0.15, 0.2) is 0 Å². The Hall–Kier alpha value is -0.880. The zero-order chi connectivity index (χ0) is 14.5. The summed E-state index contributed by atoms with van der Waals surface area (Å²) >= 11 is 11.4. The molecule has 7 heteroatoms. The molecule has 0 aromatic carbocycles. The number of ether oxygens (including phenoxy) is 1. The van der Waals surface area contributed by atoms with Crippen molar-refractivity contribution in [1.29, 1.82) is 0 Å². The number of halogens is 2. The highest BCUT2D eigenvalue weighted by molar-refractivity contribution is 6.41. The Labute approximate surface area is 121 Å². The van der Waals surface area contributed by atoms with Gasteiger partial charge in [0.1, 0.15) is 5.15 Å². The summed E-state index contributed by atoms with van der Waals surface area (Å²) in [5.41, 5.74) is -0.744. The number of aromatic nitrogens is 1. The summed E-state index contributed by atoms with van der Waals surface area (Å²) in [7, 11) is 1.55. The molecule has 1 atom stereocenters. The molecule has 1 aromatic heterocycles. The van der Waals surface area contributed by atoms with Crippen molar-refractivity contribution in [2.45, 2.75) is 18.9 Å². The van der Waals surface area contributed by atoms with Crippen LogP contribution in [0.25, 0.3) is 0 Å². The lowest BCUT2D eigenvalue weighted by Crippen LogP contribution is -2.41. The summed E-state index contributed by atoms with van der Waals surface area (Å²) in [4.78, 5) is 15.6. The highest BCUT2D eigenvalue weighted by Gasteiger charge is 2.21. The Morgan fingerprint density at radius 3 is 2.84 bits per heavy atom. The highest BCUT2D eigenvalue weighted by Crippen LogP contribution is 2.19. The zero-order valence-electron chi connectivity index (χ0n) is 10.7. The topological polar surface area (TPSA) is 71.5 Å². The van der Waals surface area contributed by atoms with E-state index in [1.807, 2.05) is 0 Å². The van der Waals surface area contributed by atoms with Crippen molar-refractivity contribution in [3.63, 3.8) is 0 Å². The molecule has 1 unspecified atom stereocenters. The first kappa shape index (κ1) is 16.2. The molecule has 5 nitrogen and oxygen atoms in total. The summed E-state index contributed by atoms with van der Waals surface area (Å²) < 4.78 is 4.88. The predicted octanol–water partition coefficient (Wildman–Crippen LogP) is 1.91. The molecule has 0 aliphatic rings. The first-order valence-electron chi connectivity index (χ1n) is 5.66. The molecule has 0 fully saturated rings. The van der Waals surface area contributed by atoms with Crippen LogP contribution < -0.4 is 5.32 Å². The van der Waals surface area contributed by atoms with Crippen molar-refractivity contribution in [3.05, 3.63) is 28.0 Å². The first-order valence-corrected chi connectivity index (χ1v) is 6.42. The van der Waals surface area contributed by atoms with Crippen molar-refractivity contribution in [2.75, 3.05) is 20.3 Å². The number of hydrogen-bond donors (Lipinski definition) is 2. The lowest BCUT2D eigenvalue weighted by Gasteiger charge is -2.23. The molecule has 1 heterocycles. The summed E-state index contributed by atoms with van der Waals surface area (Å²) in [6.07, 6.45) is 1.75. The van der Waals surface area contributed by atoms with Gasteiger partial charge in [0.25, 0.3) is 5.91 Å². The van der Waals surface area contributed by atoms with E-state index in [0.717, 1.165) is 0 Å². The molecule has 2 N–H and O–H groups in total. The number of methoxy groups -OCH3 is 1. The largest absolute Gasteiger partial charge is 0.388 e. The number of nitrogens with one attached hydrogen (secondary N) is 1. The number of pyridine rings is 1. The lowest BCUT2D eigenvalue weighted by atomic mass is 10.0. The van der Waals surface area contributed by atoms with Crippen LogP contribution >= 0.6 is 23.2 Å². The Bertz CT molecular complexity index is 453. The second-order valence-electron chi connectivity index (χ2n) is 4.42. The SMILES string of the molecule is COCCC(C)(O)CNC(=O)c1cnc(Cl)c(Cl)c1. The van der Waals surface area contributed by atoms with E-state index in [1.165, 1.54) is 12.3 Å². The van der Waals surface area contributed by atoms with E-state index in [0.29, 0.717) is 13.0 Å². The van der Waals surface area contributed by atoms with Gasteiger partial charge in [-0.1, -0.05) is 23.2 Å². The minimum absolute atomic E-state index is 0.107. The Kier molecular flexibility index (Phi) is 6.00. The van der Waals surface area contributed by atoms with Crippen LogP contribution in [0.4, 0.5) is 0 Å². The second kappa shape index (κ2) is 7.05. The number of hydrogen-bond acceptors (Lipinski definition) is 4. The van der Waals surface area contributed by atoms with Crippen LogP contribution in [-0.2, 0) is 4.74 Å². The molecule has 0 saturated carbocycles. The van der Waals surface area contributed by atoms with Crippen molar-refractivity contribution in [2.24, 2.45) is 0 Å². The van der Waals surface area contributed by atoms with Crippen molar-refractivity contribution < 1.29 is 14.6 Å². The molecule has 0 radical (unpaired) electrons. The maximum absolute atomic E-state index is 11.8. The van der Waals surface area contributed by atoms with E-state index in [2.05, 4.69) is 10.3 Å². The second-order valence-corrected chi connectivity index (χ2v) is 5.18. The van der Waals surface area contributed by atoms with Gasteiger partial charge in [-0.25, -0.2) is 4.98 Å². The van der Waals surface area contributed by atoms with Crippen molar-refractivity contribution >= 4 is 29.1 Å². The molecule has 19 heavy (non-hydrogen) atoms. The molecule has 0 aliphatic carbocycles. The fraction of sp³-hybridized carbons (Fsp3) is 0.500. The van der Waals surface area contributed by atoms with Crippen LogP contribution in [0.1, 0.15) is 23.7 Å². The molecule has 1 aromatic rings. The molecule has 0 spiro atoms. The van der Waals surface area contributed by atoms with E-state index < -0.39 is 5.60 Å². The molecule has 1 amide bonds. The van der Waals surface area contributed by atoms with Gasteiger partial charge in [-0.05, 0) is 13.0 Å². The van der Waals surface area contributed by atoms with E-state index >= 15 is 0 Å². The van der Waals surface area contributed by atoms with Crippen LogP contribution in [0, 0.1) is 0 Å². The Balaban J connectivity index is 2.57. The number of amides is 1. The monoisotopic (exact) mass is 306 g/mol. The van der Waals surface area contributed by atoms with Crippen LogP contribution in [0.2, 0.25) is 10.2 Å². The first-order chi connectivity index (χ1) is 8.85. The number of aliphatic hydroxyl groups is 1. The fourth-order valence-corrected chi connectivity index (χ4v) is 1.60. The minimum Gasteiger partial charge on any atom is -0.388 e. The van der Waals surface area contributed by atoms with Gasteiger partial charge in [0.05, 0.1) is 16.2 Å². The number of nitrogens with zero attached hydrogens (tertiary/aromatic N) is 1. The van der Waals surface area contributed by atoms with Crippen molar-refractivity contribution in [3.8, 4) is 0 Å². The van der Waals surface area contributed by atoms with E-state index in [1.54, 1.807) is 14.0 Å². The summed E-state index contributed by atoms with van der Waals surface area (Å²) in [6.45, 7) is 2.14. The molecule has 0 saturated heterocycles. The smallest absolute Gasteiger partial charge is 0.253 e. The van der Waals surface area contributed by atoms with Crippen LogP contribution in [-0.4, -0.2) is 41.9 Å². The van der Waals surface area contributed by atoms with Gasteiger partial charge in [0.2, 0.25) is 0 Å². The maximum atomic E-state index is 11.8. The van der Waals surface area contributed by atoms with E-state index in [9.17, 15) is 9.90 Å². The van der Waals surface area contributed by atoms with Gasteiger partial charge in [0, 0.05) is 32.9 Å². The van der Waals surface area contributed by atoms with Gasteiger partial charge in [-0.3, -0.25) is 4.79 Å². The summed E-state index contributed by atoms with van der Waals surface area (Å²) in [5, 5.41) is 12.9. The van der Waals surface area contributed by atoms with Crippen LogP contribution in [0.3, 0.4) is 0 Å². The molecular formula is C12H16Cl2N2O3. The zero-order valence-corrected chi connectivity index (χ0v) is 12.3. The molecule has 1 rings (SSSR count). The minimum atomic E-state index is -1.03.